The summed E-state index contributed by atoms with van der Waals surface area (Å²) in [5, 5.41) is 14.6. The number of aryl methyl sites for hydroxylation is 1. The number of nitrogens with one attached hydrogen (secondary N) is 1. The van der Waals surface area contributed by atoms with E-state index in [1.165, 1.54) is 11.0 Å². The number of amides is 1. The lowest BCUT2D eigenvalue weighted by Crippen LogP contribution is -2.20. The number of anilines is 1. The highest BCUT2D eigenvalue weighted by Crippen LogP contribution is 2.14. The van der Waals surface area contributed by atoms with Crippen molar-refractivity contribution in [3.8, 4) is 5.69 Å². The molecular weight excluding hydrogens is 382 g/mol. The highest BCUT2D eigenvalue weighted by atomic mass is 16.1. The van der Waals surface area contributed by atoms with Gasteiger partial charge in [-0.2, -0.15) is 0 Å². The Kier molecular flexibility index (Phi) is 5.88. The second kappa shape index (κ2) is 9.08. The van der Waals surface area contributed by atoms with Crippen molar-refractivity contribution >= 4 is 22.5 Å². The molecular formula is C21H21N7O2. The number of benzene rings is 2. The highest BCUT2D eigenvalue weighted by molar-refractivity contribution is 5.90. The molecule has 30 heavy (non-hydrogen) atoms. The maximum Gasteiger partial charge on any atom is 0.261 e. The Morgan fingerprint density at radius 3 is 2.77 bits per heavy atom. The van der Waals surface area contributed by atoms with Crippen LogP contribution in [0.4, 0.5) is 5.69 Å². The van der Waals surface area contributed by atoms with Gasteiger partial charge in [-0.1, -0.05) is 24.6 Å². The van der Waals surface area contributed by atoms with E-state index in [4.69, 9.17) is 0 Å². The first-order chi connectivity index (χ1) is 14.7. The maximum absolute atomic E-state index is 12.5. The van der Waals surface area contributed by atoms with E-state index in [1.807, 2.05) is 42.5 Å². The number of hydrogen-bond acceptors (Lipinski definition) is 6. The lowest BCUT2D eigenvalue weighted by Gasteiger charge is -2.08. The second-order valence-electron chi connectivity index (χ2n) is 6.92. The van der Waals surface area contributed by atoms with Crippen molar-refractivity contribution in [3.63, 3.8) is 0 Å². The van der Waals surface area contributed by atoms with E-state index in [2.05, 4.69) is 25.8 Å². The van der Waals surface area contributed by atoms with Gasteiger partial charge < -0.3 is 5.32 Å². The van der Waals surface area contributed by atoms with E-state index >= 15 is 0 Å². The van der Waals surface area contributed by atoms with E-state index in [-0.39, 0.29) is 11.5 Å². The number of hydrogen-bond donors (Lipinski definition) is 1. The van der Waals surface area contributed by atoms with E-state index in [1.54, 1.807) is 17.0 Å². The molecule has 0 saturated heterocycles. The number of nitrogens with zero attached hydrogens (tertiary/aromatic N) is 6. The normalized spacial score (nSPS) is 10.9. The van der Waals surface area contributed by atoms with Gasteiger partial charge in [0, 0.05) is 18.7 Å². The summed E-state index contributed by atoms with van der Waals surface area (Å²) in [7, 11) is 0. The van der Waals surface area contributed by atoms with Gasteiger partial charge in [-0.05, 0) is 53.6 Å². The monoisotopic (exact) mass is 403 g/mol. The molecule has 152 valence electrons. The maximum atomic E-state index is 12.5. The van der Waals surface area contributed by atoms with Gasteiger partial charge in [-0.25, -0.2) is 9.67 Å². The van der Waals surface area contributed by atoms with Crippen molar-refractivity contribution in [2.45, 2.75) is 32.2 Å². The summed E-state index contributed by atoms with van der Waals surface area (Å²) in [6.45, 7) is 0.590. The fourth-order valence-corrected chi connectivity index (χ4v) is 3.24. The zero-order valence-electron chi connectivity index (χ0n) is 16.3. The molecule has 0 saturated carbocycles. The average Bonchev–Trinajstić information content (AvgIpc) is 3.30. The molecule has 4 aromatic rings. The van der Waals surface area contributed by atoms with Crippen molar-refractivity contribution in [2.24, 2.45) is 0 Å². The molecule has 0 aliphatic carbocycles. The highest BCUT2D eigenvalue weighted by Gasteiger charge is 2.06. The number of para-hydroxylation sites is 1. The van der Waals surface area contributed by atoms with Crippen molar-refractivity contribution in [1.82, 2.24) is 29.8 Å². The first-order valence-corrected chi connectivity index (χ1v) is 9.78. The topological polar surface area (TPSA) is 108 Å². The largest absolute Gasteiger partial charge is 0.326 e. The number of carbonyl (C=O) groups excluding carboxylic acids is 1. The van der Waals surface area contributed by atoms with Gasteiger partial charge in [-0.15, -0.1) is 5.10 Å². The zero-order chi connectivity index (χ0) is 20.8. The molecule has 1 N–H and O–H groups in total. The van der Waals surface area contributed by atoms with Crippen LogP contribution in [0.3, 0.4) is 0 Å². The fourth-order valence-electron chi connectivity index (χ4n) is 3.24. The molecule has 0 aliphatic rings. The van der Waals surface area contributed by atoms with Crippen LogP contribution in [-0.4, -0.2) is 35.7 Å². The Bertz CT molecular complexity index is 1200. The number of carbonyl (C=O) groups is 1. The minimum atomic E-state index is -0.0478. The quantitative estimate of drug-likeness (QED) is 0.453. The number of unbranched alkanes of at least 4 members (excludes halogenated alkanes) is 2. The predicted octanol–water partition coefficient (Wildman–Crippen LogP) is 2.57. The minimum Gasteiger partial charge on any atom is -0.326 e. The molecule has 2 aromatic carbocycles. The number of tetrazole rings is 1. The molecule has 2 heterocycles. The third-order valence-corrected chi connectivity index (χ3v) is 4.78. The first kappa shape index (κ1) is 19.4. The summed E-state index contributed by atoms with van der Waals surface area (Å²) in [4.78, 5) is 29.0. The van der Waals surface area contributed by atoms with E-state index in [0.717, 1.165) is 24.9 Å². The van der Waals surface area contributed by atoms with Gasteiger partial charge >= 0.3 is 0 Å². The number of fused-ring (bicyclic) bond motifs is 1. The summed E-state index contributed by atoms with van der Waals surface area (Å²) in [5.74, 6) is -0.0478. The van der Waals surface area contributed by atoms with Crippen LogP contribution >= 0.6 is 0 Å². The van der Waals surface area contributed by atoms with Crippen LogP contribution in [0.15, 0.2) is 66.0 Å². The van der Waals surface area contributed by atoms with Crippen LogP contribution in [0.2, 0.25) is 0 Å². The van der Waals surface area contributed by atoms with E-state index in [0.29, 0.717) is 29.6 Å². The molecule has 9 nitrogen and oxygen atoms in total. The smallest absolute Gasteiger partial charge is 0.261 e. The number of rotatable bonds is 8. The molecule has 0 bridgehead atoms. The number of aromatic nitrogens is 6. The van der Waals surface area contributed by atoms with Crippen LogP contribution in [0, 0.1) is 0 Å². The Hall–Kier alpha value is -3.88. The lowest BCUT2D eigenvalue weighted by atomic mass is 10.1. The zero-order valence-corrected chi connectivity index (χ0v) is 16.3. The molecule has 9 heteroatoms. The molecule has 0 unspecified atom stereocenters. The SMILES string of the molecule is O=C(CCCCCn1cnc2ccccc2c1=O)Nc1cccc(-n2cnnn2)c1. The standard InChI is InChI=1S/C21H21N7O2/c29-20(24-16-7-6-8-17(13-16)28-15-23-25-26-28)11-2-1-5-12-27-14-22-19-10-4-3-9-18(19)21(27)30/h3-4,6-10,13-15H,1-2,5,11-12H2,(H,24,29). The van der Waals surface area contributed by atoms with Crippen LogP contribution < -0.4 is 10.9 Å². The van der Waals surface area contributed by atoms with Crippen molar-refractivity contribution < 1.29 is 4.79 Å². The summed E-state index contributed by atoms with van der Waals surface area (Å²) >= 11 is 0. The van der Waals surface area contributed by atoms with Crippen molar-refractivity contribution in [2.75, 3.05) is 5.32 Å². The molecule has 4 rings (SSSR count). The summed E-state index contributed by atoms with van der Waals surface area (Å²) < 4.78 is 3.16. The molecule has 0 aliphatic heterocycles. The average molecular weight is 403 g/mol. The van der Waals surface area contributed by atoms with Gasteiger partial charge in [0.1, 0.15) is 6.33 Å². The fraction of sp³-hybridized carbons (Fsp3) is 0.238. The molecule has 0 radical (unpaired) electrons. The molecule has 1 amide bonds. The second-order valence-corrected chi connectivity index (χ2v) is 6.92. The predicted molar refractivity (Wildman–Crippen MR) is 112 cm³/mol. The molecule has 0 spiro atoms. The molecule has 0 atom stereocenters. The van der Waals surface area contributed by atoms with Crippen LogP contribution in [-0.2, 0) is 11.3 Å². The minimum absolute atomic E-state index is 0.0270. The Morgan fingerprint density at radius 2 is 1.90 bits per heavy atom. The summed E-state index contributed by atoms with van der Waals surface area (Å²) in [6.07, 6.45) is 5.90. The van der Waals surface area contributed by atoms with Crippen LogP contribution in [0.5, 0.6) is 0 Å². The van der Waals surface area contributed by atoms with Crippen molar-refractivity contribution in [1.29, 1.82) is 0 Å². The van der Waals surface area contributed by atoms with Crippen molar-refractivity contribution in [3.05, 3.63) is 71.5 Å². The molecule has 0 fully saturated rings. The third-order valence-electron chi connectivity index (χ3n) is 4.78. The van der Waals surface area contributed by atoms with Gasteiger partial charge in [0.2, 0.25) is 5.91 Å². The molecule has 2 aromatic heterocycles. The van der Waals surface area contributed by atoms with Gasteiger partial charge in [0.05, 0.1) is 22.9 Å². The Balaban J connectivity index is 1.23. The summed E-state index contributed by atoms with van der Waals surface area (Å²) in [6, 6.07) is 14.7. The Morgan fingerprint density at radius 1 is 1.00 bits per heavy atom. The van der Waals surface area contributed by atoms with Gasteiger partial charge in [-0.3, -0.25) is 14.2 Å². The van der Waals surface area contributed by atoms with Gasteiger partial charge in [0.15, 0.2) is 0 Å². The van der Waals surface area contributed by atoms with E-state index in [9.17, 15) is 9.59 Å². The van der Waals surface area contributed by atoms with Crippen LogP contribution in [0.25, 0.3) is 16.6 Å². The van der Waals surface area contributed by atoms with Gasteiger partial charge in [0.25, 0.3) is 5.56 Å². The summed E-state index contributed by atoms with van der Waals surface area (Å²) in [5.41, 5.74) is 2.15. The van der Waals surface area contributed by atoms with E-state index < -0.39 is 0 Å². The third kappa shape index (κ3) is 4.57. The lowest BCUT2D eigenvalue weighted by molar-refractivity contribution is -0.116. The Labute approximate surface area is 172 Å². The van der Waals surface area contributed by atoms with Crippen LogP contribution in [0.1, 0.15) is 25.7 Å². The first-order valence-electron chi connectivity index (χ1n) is 9.78.